The van der Waals surface area contributed by atoms with Crippen LogP contribution in [0.4, 0.5) is 0 Å². The van der Waals surface area contributed by atoms with Gasteiger partial charge in [-0.2, -0.15) is 0 Å². The van der Waals surface area contributed by atoms with E-state index in [2.05, 4.69) is 33.8 Å². The van der Waals surface area contributed by atoms with E-state index in [-0.39, 0.29) is 23.2 Å². The maximum Gasteiger partial charge on any atom is 0.269 e. The van der Waals surface area contributed by atoms with Crippen LogP contribution in [-0.4, -0.2) is 29.9 Å². The minimum absolute atomic E-state index is 0.236. The van der Waals surface area contributed by atoms with Gasteiger partial charge in [0.05, 0.1) is 0 Å². The molecule has 0 radical (unpaired) electrons. The molecule has 29 heavy (non-hydrogen) atoms. The van der Waals surface area contributed by atoms with Crippen LogP contribution in [0, 0.1) is 0 Å². The molecule has 0 bridgehead atoms. The molecule has 5 heteroatoms. The molecule has 2 aromatic rings. The van der Waals surface area contributed by atoms with Crippen LogP contribution in [0.2, 0.25) is 0 Å². The first kappa shape index (κ1) is 20.8. The number of amides is 2. The van der Waals surface area contributed by atoms with Crippen molar-refractivity contribution in [3.05, 3.63) is 77.1 Å². The number of nitrogens with one attached hydrogen (secondary N) is 2. The van der Waals surface area contributed by atoms with Crippen LogP contribution in [0.5, 0.6) is 0 Å². The maximum absolute atomic E-state index is 12.4. The first-order valence-corrected chi connectivity index (χ1v) is 10.5. The van der Waals surface area contributed by atoms with Crippen molar-refractivity contribution in [3.63, 3.8) is 0 Å². The average molecular weight is 392 g/mol. The van der Waals surface area contributed by atoms with E-state index in [1.807, 2.05) is 18.2 Å². The molecule has 5 nitrogen and oxygen atoms in total. The summed E-state index contributed by atoms with van der Waals surface area (Å²) in [5.41, 5.74) is 3.22. The molecule has 0 atom stereocenters. The number of aryl methyl sites for hydroxylation is 1. The first-order valence-electron chi connectivity index (χ1n) is 10.5. The third-order valence-electron chi connectivity index (χ3n) is 5.10. The SMILES string of the molecule is O=C(NCCCc1ccccc1)c1cccc(C(=O)NCCC2=CCCCC2)n1. The van der Waals surface area contributed by atoms with Crippen molar-refractivity contribution in [2.75, 3.05) is 13.1 Å². The van der Waals surface area contributed by atoms with Crippen molar-refractivity contribution in [3.8, 4) is 0 Å². The Hall–Kier alpha value is -2.95. The lowest BCUT2D eigenvalue weighted by molar-refractivity contribution is 0.0944. The van der Waals surface area contributed by atoms with Crippen molar-refractivity contribution >= 4 is 11.8 Å². The van der Waals surface area contributed by atoms with Crippen LogP contribution in [0.1, 0.15) is 65.1 Å². The molecule has 2 N–H and O–H groups in total. The van der Waals surface area contributed by atoms with E-state index in [1.54, 1.807) is 18.2 Å². The summed E-state index contributed by atoms with van der Waals surface area (Å²) < 4.78 is 0. The van der Waals surface area contributed by atoms with Crippen molar-refractivity contribution in [2.45, 2.75) is 44.9 Å². The Bertz CT molecular complexity index is 846. The van der Waals surface area contributed by atoms with Gasteiger partial charge in [0.2, 0.25) is 0 Å². The fourth-order valence-electron chi connectivity index (χ4n) is 3.48. The molecular weight excluding hydrogens is 362 g/mol. The summed E-state index contributed by atoms with van der Waals surface area (Å²) in [6.07, 6.45) is 9.72. The number of pyridine rings is 1. The maximum atomic E-state index is 12.4. The molecule has 1 aliphatic rings. The highest BCUT2D eigenvalue weighted by molar-refractivity contribution is 5.96. The van der Waals surface area contributed by atoms with Crippen LogP contribution in [-0.2, 0) is 6.42 Å². The number of carbonyl (C=O) groups is 2. The molecule has 1 aromatic carbocycles. The second-order valence-corrected chi connectivity index (χ2v) is 7.37. The third kappa shape index (κ3) is 6.86. The number of benzene rings is 1. The normalized spacial score (nSPS) is 13.4. The van der Waals surface area contributed by atoms with Gasteiger partial charge in [0.25, 0.3) is 11.8 Å². The van der Waals surface area contributed by atoms with Crippen molar-refractivity contribution < 1.29 is 9.59 Å². The fraction of sp³-hybridized carbons (Fsp3) is 0.375. The molecule has 0 fully saturated rings. The van der Waals surface area contributed by atoms with Crippen LogP contribution < -0.4 is 10.6 Å². The minimum Gasteiger partial charge on any atom is -0.351 e. The minimum atomic E-state index is -0.250. The van der Waals surface area contributed by atoms with Gasteiger partial charge in [-0.05, 0) is 62.6 Å². The van der Waals surface area contributed by atoms with Crippen LogP contribution in [0.15, 0.2) is 60.2 Å². The Morgan fingerprint density at radius 3 is 2.24 bits per heavy atom. The van der Waals surface area contributed by atoms with E-state index in [0.717, 1.165) is 32.1 Å². The van der Waals surface area contributed by atoms with Gasteiger partial charge < -0.3 is 10.6 Å². The van der Waals surface area contributed by atoms with Crippen molar-refractivity contribution in [1.82, 2.24) is 15.6 Å². The van der Waals surface area contributed by atoms with E-state index >= 15 is 0 Å². The highest BCUT2D eigenvalue weighted by Gasteiger charge is 2.12. The van der Waals surface area contributed by atoms with Crippen LogP contribution >= 0.6 is 0 Å². The summed E-state index contributed by atoms with van der Waals surface area (Å²) >= 11 is 0. The highest BCUT2D eigenvalue weighted by Crippen LogP contribution is 2.19. The van der Waals surface area contributed by atoms with Gasteiger partial charge in [0.1, 0.15) is 11.4 Å². The van der Waals surface area contributed by atoms with Gasteiger partial charge in [-0.1, -0.05) is 48.0 Å². The summed E-state index contributed by atoms with van der Waals surface area (Å²) in [5, 5.41) is 5.79. The van der Waals surface area contributed by atoms with Gasteiger partial charge in [0.15, 0.2) is 0 Å². The zero-order valence-corrected chi connectivity index (χ0v) is 16.8. The van der Waals surface area contributed by atoms with Crippen molar-refractivity contribution in [2.24, 2.45) is 0 Å². The molecule has 152 valence electrons. The van der Waals surface area contributed by atoms with E-state index in [1.165, 1.54) is 24.0 Å². The van der Waals surface area contributed by atoms with Gasteiger partial charge in [0, 0.05) is 13.1 Å². The number of carbonyl (C=O) groups excluding carboxylic acids is 2. The molecule has 2 amide bonds. The number of hydrogen-bond acceptors (Lipinski definition) is 3. The average Bonchev–Trinajstić information content (AvgIpc) is 2.78. The smallest absolute Gasteiger partial charge is 0.269 e. The zero-order chi connectivity index (χ0) is 20.3. The molecule has 1 heterocycles. The Morgan fingerprint density at radius 2 is 1.55 bits per heavy atom. The van der Waals surface area contributed by atoms with E-state index < -0.39 is 0 Å². The van der Waals surface area contributed by atoms with Gasteiger partial charge in [-0.15, -0.1) is 0 Å². The lowest BCUT2D eigenvalue weighted by Gasteiger charge is -2.13. The van der Waals surface area contributed by atoms with Gasteiger partial charge in [-0.25, -0.2) is 4.98 Å². The molecule has 1 aromatic heterocycles. The molecule has 0 aliphatic heterocycles. The molecular formula is C24H29N3O2. The summed E-state index contributed by atoms with van der Waals surface area (Å²) in [5.74, 6) is -0.486. The predicted octanol–water partition coefficient (Wildman–Crippen LogP) is 4.06. The Kier molecular flexibility index (Phi) is 7.99. The lowest BCUT2D eigenvalue weighted by Crippen LogP contribution is -2.29. The molecule has 1 aliphatic carbocycles. The van der Waals surface area contributed by atoms with Crippen LogP contribution in [0.25, 0.3) is 0 Å². The molecule has 0 saturated heterocycles. The van der Waals surface area contributed by atoms with E-state index in [9.17, 15) is 9.59 Å². The number of nitrogens with zero attached hydrogens (tertiary/aromatic N) is 1. The second-order valence-electron chi connectivity index (χ2n) is 7.37. The van der Waals surface area contributed by atoms with Crippen LogP contribution in [0.3, 0.4) is 0 Å². The van der Waals surface area contributed by atoms with E-state index in [4.69, 9.17) is 0 Å². The zero-order valence-electron chi connectivity index (χ0n) is 16.8. The molecule has 0 saturated carbocycles. The Morgan fingerprint density at radius 1 is 0.828 bits per heavy atom. The second kappa shape index (κ2) is 11.1. The predicted molar refractivity (Wildman–Crippen MR) is 115 cm³/mol. The van der Waals surface area contributed by atoms with Gasteiger partial charge in [-0.3, -0.25) is 9.59 Å². The Balaban J connectivity index is 1.43. The monoisotopic (exact) mass is 391 g/mol. The molecule has 0 unspecified atom stereocenters. The summed E-state index contributed by atoms with van der Waals surface area (Å²) in [6, 6.07) is 15.2. The molecule has 0 spiro atoms. The van der Waals surface area contributed by atoms with Gasteiger partial charge >= 0.3 is 0 Å². The number of hydrogen-bond donors (Lipinski definition) is 2. The first-order chi connectivity index (χ1) is 14.2. The quantitative estimate of drug-likeness (QED) is 0.500. The number of rotatable bonds is 9. The summed E-state index contributed by atoms with van der Waals surface area (Å²) in [4.78, 5) is 28.9. The largest absolute Gasteiger partial charge is 0.351 e. The lowest BCUT2D eigenvalue weighted by atomic mass is 9.97. The summed E-state index contributed by atoms with van der Waals surface area (Å²) in [6.45, 7) is 1.17. The number of allylic oxidation sites excluding steroid dienone is 1. The number of aromatic nitrogens is 1. The molecule has 3 rings (SSSR count). The summed E-state index contributed by atoms with van der Waals surface area (Å²) in [7, 11) is 0. The Labute approximate surface area is 172 Å². The van der Waals surface area contributed by atoms with Crippen molar-refractivity contribution in [1.29, 1.82) is 0 Å². The third-order valence-corrected chi connectivity index (χ3v) is 5.10. The standard InChI is InChI=1S/C24H29N3O2/c28-23(25-17-8-13-19-9-3-1-4-10-19)21-14-7-15-22(27-21)24(29)26-18-16-20-11-5-2-6-12-20/h1,3-4,7,9-11,14-15H,2,5-6,8,12-13,16-18H2,(H,25,28)(H,26,29). The fourth-order valence-corrected chi connectivity index (χ4v) is 3.48. The highest BCUT2D eigenvalue weighted by atomic mass is 16.2. The topological polar surface area (TPSA) is 71.1 Å². The van der Waals surface area contributed by atoms with E-state index in [0.29, 0.717) is 13.1 Å².